The fourth-order valence-electron chi connectivity index (χ4n) is 2.64. The Morgan fingerprint density at radius 3 is 2.80 bits per heavy atom. The fraction of sp³-hybridized carbons (Fsp3) is 0.533. The number of hydrogen-bond acceptors (Lipinski definition) is 3. The zero-order chi connectivity index (χ0) is 14.5. The lowest BCUT2D eigenvalue weighted by Gasteiger charge is -2.29. The van der Waals surface area contributed by atoms with Crippen molar-refractivity contribution in [2.75, 3.05) is 6.54 Å². The highest BCUT2D eigenvalue weighted by Crippen LogP contribution is 2.21. The van der Waals surface area contributed by atoms with Gasteiger partial charge in [-0.2, -0.15) is 0 Å². The molecule has 4 nitrogen and oxygen atoms in total. The number of pyridine rings is 1. The second-order valence-corrected chi connectivity index (χ2v) is 5.27. The molecule has 108 valence electrons. The standard InChI is InChI=1S/C15H19FN2O2/c1-11(19)9-13-5-3-2-4-8-18(13)15(20)14-7-6-12(16)10-17-14/h6-7,10,13H,2-5,8-9H2,1H3. The van der Waals surface area contributed by atoms with E-state index in [1.807, 2.05) is 0 Å². The van der Waals surface area contributed by atoms with Crippen molar-refractivity contribution in [1.29, 1.82) is 0 Å². The van der Waals surface area contributed by atoms with Crippen LogP contribution in [0.15, 0.2) is 18.3 Å². The quantitative estimate of drug-likeness (QED) is 0.854. The average Bonchev–Trinajstić information content (AvgIpc) is 2.63. The van der Waals surface area contributed by atoms with Crippen LogP contribution in [0.5, 0.6) is 0 Å². The number of carbonyl (C=O) groups is 2. The Labute approximate surface area is 118 Å². The number of hydrogen-bond donors (Lipinski definition) is 0. The lowest BCUT2D eigenvalue weighted by atomic mass is 10.0. The lowest BCUT2D eigenvalue weighted by Crippen LogP contribution is -2.41. The van der Waals surface area contributed by atoms with Gasteiger partial charge < -0.3 is 4.90 Å². The summed E-state index contributed by atoms with van der Waals surface area (Å²) in [5, 5.41) is 0. The summed E-state index contributed by atoms with van der Waals surface area (Å²) < 4.78 is 12.9. The number of Topliss-reactive ketones (excluding diaryl/α,β-unsaturated/α-hetero) is 1. The molecule has 2 rings (SSSR count). The highest BCUT2D eigenvalue weighted by atomic mass is 19.1. The molecule has 0 aromatic carbocycles. The van der Waals surface area contributed by atoms with E-state index >= 15 is 0 Å². The second kappa shape index (κ2) is 6.59. The molecule has 1 saturated heterocycles. The van der Waals surface area contributed by atoms with Crippen molar-refractivity contribution in [2.24, 2.45) is 0 Å². The van der Waals surface area contributed by atoms with Gasteiger partial charge in [0, 0.05) is 19.0 Å². The third-order valence-corrected chi connectivity index (χ3v) is 3.61. The molecule has 20 heavy (non-hydrogen) atoms. The molecule has 0 radical (unpaired) electrons. The van der Waals surface area contributed by atoms with Crippen molar-refractivity contribution in [3.05, 3.63) is 29.8 Å². The van der Waals surface area contributed by atoms with E-state index in [-0.39, 0.29) is 23.4 Å². The van der Waals surface area contributed by atoms with Crippen LogP contribution in [0.3, 0.4) is 0 Å². The van der Waals surface area contributed by atoms with Crippen molar-refractivity contribution in [2.45, 2.75) is 45.1 Å². The zero-order valence-corrected chi connectivity index (χ0v) is 11.6. The fourth-order valence-corrected chi connectivity index (χ4v) is 2.64. The molecule has 1 aliphatic heterocycles. The van der Waals surface area contributed by atoms with Gasteiger partial charge in [-0.25, -0.2) is 9.37 Å². The van der Waals surface area contributed by atoms with Gasteiger partial charge in [0.05, 0.1) is 6.20 Å². The molecule has 0 aliphatic carbocycles. The minimum absolute atomic E-state index is 0.0608. The minimum atomic E-state index is -0.460. The molecule has 1 amide bonds. The number of rotatable bonds is 3. The van der Waals surface area contributed by atoms with E-state index in [0.717, 1.165) is 31.9 Å². The van der Waals surface area contributed by atoms with Crippen molar-refractivity contribution in [3.8, 4) is 0 Å². The molecule has 1 atom stereocenters. The van der Waals surface area contributed by atoms with Crippen LogP contribution in [0.4, 0.5) is 4.39 Å². The maximum absolute atomic E-state index is 12.9. The Morgan fingerprint density at radius 1 is 1.35 bits per heavy atom. The summed E-state index contributed by atoms with van der Waals surface area (Å²) in [5.74, 6) is -0.586. The molecule has 1 aromatic rings. The number of nitrogens with zero attached hydrogens (tertiary/aromatic N) is 2. The number of aromatic nitrogens is 1. The number of halogens is 1. The predicted octanol–water partition coefficient (Wildman–Crippen LogP) is 2.58. The summed E-state index contributed by atoms with van der Waals surface area (Å²) in [6.45, 7) is 2.18. The first-order valence-corrected chi connectivity index (χ1v) is 7.00. The van der Waals surface area contributed by atoms with E-state index in [1.54, 1.807) is 11.8 Å². The average molecular weight is 278 g/mol. The Balaban J connectivity index is 2.18. The molecular weight excluding hydrogens is 259 g/mol. The van der Waals surface area contributed by atoms with Gasteiger partial charge in [0.2, 0.25) is 0 Å². The van der Waals surface area contributed by atoms with Crippen LogP contribution in [0.2, 0.25) is 0 Å². The van der Waals surface area contributed by atoms with E-state index in [4.69, 9.17) is 0 Å². The normalized spacial score (nSPS) is 19.5. The number of carbonyl (C=O) groups excluding carboxylic acids is 2. The van der Waals surface area contributed by atoms with Crippen LogP contribution in [0, 0.1) is 5.82 Å². The van der Waals surface area contributed by atoms with Gasteiger partial charge in [-0.15, -0.1) is 0 Å². The van der Waals surface area contributed by atoms with Gasteiger partial charge in [0.15, 0.2) is 0 Å². The number of amides is 1. The molecule has 1 fully saturated rings. The molecule has 1 aliphatic rings. The third-order valence-electron chi connectivity index (χ3n) is 3.61. The molecule has 0 saturated carbocycles. The lowest BCUT2D eigenvalue weighted by molar-refractivity contribution is -0.118. The highest BCUT2D eigenvalue weighted by molar-refractivity contribution is 5.92. The van der Waals surface area contributed by atoms with Crippen LogP contribution >= 0.6 is 0 Å². The van der Waals surface area contributed by atoms with Gasteiger partial charge in [-0.05, 0) is 31.9 Å². The summed E-state index contributed by atoms with van der Waals surface area (Å²) in [4.78, 5) is 29.4. The van der Waals surface area contributed by atoms with Gasteiger partial charge in [-0.1, -0.05) is 12.8 Å². The monoisotopic (exact) mass is 278 g/mol. The minimum Gasteiger partial charge on any atom is -0.334 e. The predicted molar refractivity (Wildman–Crippen MR) is 72.8 cm³/mol. The van der Waals surface area contributed by atoms with Crippen LogP contribution in [0.25, 0.3) is 0 Å². The summed E-state index contributed by atoms with van der Waals surface area (Å²) in [5.41, 5.74) is 0.238. The van der Waals surface area contributed by atoms with Gasteiger partial charge >= 0.3 is 0 Å². The first kappa shape index (κ1) is 14.6. The molecule has 0 spiro atoms. The Hall–Kier alpha value is -1.78. The molecule has 1 unspecified atom stereocenters. The van der Waals surface area contributed by atoms with Gasteiger partial charge in [0.1, 0.15) is 17.3 Å². The van der Waals surface area contributed by atoms with Gasteiger partial charge in [0.25, 0.3) is 5.91 Å². The number of ketones is 1. The summed E-state index contributed by atoms with van der Waals surface area (Å²) in [6, 6.07) is 2.57. The van der Waals surface area contributed by atoms with Crippen LogP contribution < -0.4 is 0 Å². The van der Waals surface area contributed by atoms with Crippen LogP contribution in [0.1, 0.15) is 49.5 Å². The Kier molecular flexibility index (Phi) is 4.82. The molecule has 2 heterocycles. The largest absolute Gasteiger partial charge is 0.334 e. The molecule has 5 heteroatoms. The van der Waals surface area contributed by atoms with Crippen LogP contribution in [-0.2, 0) is 4.79 Å². The van der Waals surface area contributed by atoms with Gasteiger partial charge in [-0.3, -0.25) is 9.59 Å². The zero-order valence-electron chi connectivity index (χ0n) is 11.6. The Bertz CT molecular complexity index is 487. The van der Waals surface area contributed by atoms with E-state index in [0.29, 0.717) is 13.0 Å². The van der Waals surface area contributed by atoms with E-state index in [1.165, 1.54) is 12.1 Å². The van der Waals surface area contributed by atoms with E-state index in [9.17, 15) is 14.0 Å². The maximum atomic E-state index is 12.9. The SMILES string of the molecule is CC(=O)CC1CCCCCN1C(=O)c1ccc(F)cn1. The summed E-state index contributed by atoms with van der Waals surface area (Å²) in [7, 11) is 0. The topological polar surface area (TPSA) is 50.3 Å². The van der Waals surface area contributed by atoms with Crippen molar-refractivity contribution in [1.82, 2.24) is 9.88 Å². The smallest absolute Gasteiger partial charge is 0.272 e. The van der Waals surface area contributed by atoms with Crippen molar-refractivity contribution in [3.63, 3.8) is 0 Å². The third kappa shape index (κ3) is 3.62. The second-order valence-electron chi connectivity index (χ2n) is 5.27. The highest BCUT2D eigenvalue weighted by Gasteiger charge is 2.27. The first-order valence-electron chi connectivity index (χ1n) is 7.00. The van der Waals surface area contributed by atoms with E-state index in [2.05, 4.69) is 4.98 Å². The van der Waals surface area contributed by atoms with Crippen molar-refractivity contribution >= 4 is 11.7 Å². The van der Waals surface area contributed by atoms with E-state index < -0.39 is 5.82 Å². The molecule has 1 aromatic heterocycles. The number of likely N-dealkylation sites (tertiary alicyclic amines) is 1. The van der Waals surface area contributed by atoms with Crippen LogP contribution in [-0.4, -0.2) is 34.2 Å². The van der Waals surface area contributed by atoms with Crippen molar-refractivity contribution < 1.29 is 14.0 Å². The summed E-state index contributed by atoms with van der Waals surface area (Å²) >= 11 is 0. The maximum Gasteiger partial charge on any atom is 0.272 e. The molecule has 0 N–H and O–H groups in total. The summed E-state index contributed by atoms with van der Waals surface area (Å²) in [6.07, 6.45) is 5.29. The molecule has 0 bridgehead atoms. The first-order chi connectivity index (χ1) is 9.58. The Morgan fingerprint density at radius 2 is 2.15 bits per heavy atom. The molecular formula is C15H19FN2O2.